The Balaban J connectivity index is 1.45. The molecule has 1 aliphatic carbocycles. The van der Waals surface area contributed by atoms with Gasteiger partial charge in [-0.25, -0.2) is 4.39 Å². The molecule has 1 aliphatic heterocycles. The third kappa shape index (κ3) is 4.72. The molecule has 5 nitrogen and oxygen atoms in total. The van der Waals surface area contributed by atoms with Crippen molar-refractivity contribution in [3.05, 3.63) is 88.7 Å². The first-order valence-electron chi connectivity index (χ1n) is 12.5. The van der Waals surface area contributed by atoms with Crippen LogP contribution in [0.15, 0.2) is 60.7 Å². The predicted molar refractivity (Wildman–Crippen MR) is 135 cm³/mol. The minimum Gasteiger partial charge on any atom is -0.493 e. The Kier molecular flexibility index (Phi) is 6.52. The molecule has 0 saturated heterocycles. The predicted octanol–water partition coefficient (Wildman–Crippen LogP) is 5.53. The van der Waals surface area contributed by atoms with Crippen molar-refractivity contribution in [1.29, 1.82) is 0 Å². The van der Waals surface area contributed by atoms with E-state index in [1.165, 1.54) is 11.6 Å². The molecule has 1 fully saturated rings. The van der Waals surface area contributed by atoms with Gasteiger partial charge in [0.05, 0.1) is 13.0 Å². The van der Waals surface area contributed by atoms with E-state index >= 15 is 0 Å². The second-order valence-electron chi connectivity index (χ2n) is 9.77. The number of ether oxygens (including phenoxy) is 1. The lowest BCUT2D eigenvalue weighted by Crippen LogP contribution is -2.38. The maximum absolute atomic E-state index is 14.9. The van der Waals surface area contributed by atoms with E-state index in [9.17, 15) is 19.1 Å². The quantitative estimate of drug-likeness (QED) is 0.454. The van der Waals surface area contributed by atoms with Crippen LogP contribution in [0.2, 0.25) is 0 Å². The van der Waals surface area contributed by atoms with E-state index in [-0.39, 0.29) is 23.6 Å². The van der Waals surface area contributed by atoms with Crippen molar-refractivity contribution in [2.75, 3.05) is 13.2 Å². The van der Waals surface area contributed by atoms with Crippen LogP contribution >= 0.6 is 0 Å². The standard InChI is InChI=1S/C30H30FNO4/c1-2-36-27-16-20(17-29(34)35)8-9-24(27)22-10-11-26(31)23-12-15-32(19-25(22)23)28(33)18-30(13-14-30)21-6-4-3-5-7-21/h3-11,16H,2,12-15,17-19H2,1H3,(H,34,35). The molecule has 1 amide bonds. The summed E-state index contributed by atoms with van der Waals surface area (Å²) in [5.41, 5.74) is 4.80. The summed E-state index contributed by atoms with van der Waals surface area (Å²) < 4.78 is 20.7. The number of carbonyl (C=O) groups excluding carboxylic acids is 1. The van der Waals surface area contributed by atoms with Crippen LogP contribution in [0, 0.1) is 5.82 Å². The van der Waals surface area contributed by atoms with Crippen molar-refractivity contribution in [3.8, 4) is 16.9 Å². The van der Waals surface area contributed by atoms with Gasteiger partial charge in [-0.2, -0.15) is 0 Å². The fourth-order valence-corrected chi connectivity index (χ4v) is 5.36. The van der Waals surface area contributed by atoms with Crippen molar-refractivity contribution >= 4 is 11.9 Å². The fourth-order valence-electron chi connectivity index (χ4n) is 5.36. The van der Waals surface area contributed by atoms with Crippen LogP contribution < -0.4 is 4.74 Å². The summed E-state index contributed by atoms with van der Waals surface area (Å²) in [5.74, 6) is -0.514. The molecule has 3 aromatic carbocycles. The molecule has 186 valence electrons. The number of halogens is 1. The number of rotatable bonds is 8. The zero-order chi connectivity index (χ0) is 25.3. The molecular weight excluding hydrogens is 457 g/mol. The van der Waals surface area contributed by atoms with Gasteiger partial charge in [0.2, 0.25) is 5.91 Å². The van der Waals surface area contributed by atoms with Crippen molar-refractivity contribution in [1.82, 2.24) is 4.90 Å². The Morgan fingerprint density at radius 3 is 2.47 bits per heavy atom. The van der Waals surface area contributed by atoms with Gasteiger partial charge in [0.15, 0.2) is 0 Å². The number of aliphatic carboxylic acids is 1. The number of hydrogen-bond acceptors (Lipinski definition) is 3. The number of nitrogens with zero attached hydrogens (tertiary/aromatic N) is 1. The molecule has 0 atom stereocenters. The van der Waals surface area contributed by atoms with Crippen LogP contribution in [-0.4, -0.2) is 35.0 Å². The van der Waals surface area contributed by atoms with E-state index in [0.29, 0.717) is 49.4 Å². The first kappa shape index (κ1) is 24.0. The summed E-state index contributed by atoms with van der Waals surface area (Å²) in [4.78, 5) is 26.5. The molecule has 0 radical (unpaired) electrons. The van der Waals surface area contributed by atoms with Gasteiger partial charge >= 0.3 is 5.97 Å². The van der Waals surface area contributed by atoms with Gasteiger partial charge in [0.1, 0.15) is 11.6 Å². The summed E-state index contributed by atoms with van der Waals surface area (Å²) in [5, 5.41) is 9.18. The molecule has 2 aliphatic rings. The first-order valence-corrected chi connectivity index (χ1v) is 12.5. The average Bonchev–Trinajstić information content (AvgIpc) is 3.66. The Morgan fingerprint density at radius 1 is 1.03 bits per heavy atom. The molecule has 36 heavy (non-hydrogen) atoms. The van der Waals surface area contributed by atoms with Crippen molar-refractivity contribution in [2.24, 2.45) is 0 Å². The highest BCUT2D eigenvalue weighted by molar-refractivity contribution is 5.81. The van der Waals surface area contributed by atoms with Crippen molar-refractivity contribution < 1.29 is 23.8 Å². The average molecular weight is 488 g/mol. The van der Waals surface area contributed by atoms with Gasteiger partial charge in [-0.05, 0) is 66.1 Å². The highest BCUT2D eigenvalue weighted by Gasteiger charge is 2.46. The van der Waals surface area contributed by atoms with E-state index < -0.39 is 5.97 Å². The number of benzene rings is 3. The molecule has 1 N–H and O–H groups in total. The van der Waals surface area contributed by atoms with Crippen LogP contribution in [0.3, 0.4) is 0 Å². The first-order chi connectivity index (χ1) is 17.4. The molecule has 1 saturated carbocycles. The normalized spacial score (nSPS) is 15.8. The van der Waals surface area contributed by atoms with Gasteiger partial charge in [-0.1, -0.05) is 48.5 Å². The van der Waals surface area contributed by atoms with E-state index in [1.54, 1.807) is 18.2 Å². The molecule has 1 heterocycles. The van der Waals surface area contributed by atoms with Crippen LogP contribution in [0.5, 0.6) is 5.75 Å². The third-order valence-corrected chi connectivity index (χ3v) is 7.43. The highest BCUT2D eigenvalue weighted by Crippen LogP contribution is 2.51. The third-order valence-electron chi connectivity index (χ3n) is 7.43. The second-order valence-corrected chi connectivity index (χ2v) is 9.77. The van der Waals surface area contributed by atoms with Crippen molar-refractivity contribution in [3.63, 3.8) is 0 Å². The summed E-state index contributed by atoms with van der Waals surface area (Å²) in [6.07, 6.45) is 2.83. The minimum absolute atomic E-state index is 0.0779. The van der Waals surface area contributed by atoms with E-state index in [2.05, 4.69) is 12.1 Å². The van der Waals surface area contributed by atoms with Crippen LogP contribution in [0.4, 0.5) is 4.39 Å². The molecule has 0 bridgehead atoms. The van der Waals surface area contributed by atoms with Gasteiger partial charge < -0.3 is 14.7 Å². The molecular formula is C30H30FNO4. The number of carboxylic acid groups (broad SMARTS) is 1. The van der Waals surface area contributed by atoms with Gasteiger partial charge in [0.25, 0.3) is 0 Å². The highest BCUT2D eigenvalue weighted by atomic mass is 19.1. The molecule has 5 rings (SSSR count). The fraction of sp³-hybridized carbons (Fsp3) is 0.333. The Hall–Kier alpha value is -3.67. The Labute approximate surface area is 210 Å². The Bertz CT molecular complexity index is 1300. The van der Waals surface area contributed by atoms with E-state index in [0.717, 1.165) is 29.5 Å². The molecule has 0 unspecified atom stereocenters. The van der Waals surface area contributed by atoms with E-state index in [4.69, 9.17) is 4.74 Å². The monoisotopic (exact) mass is 487 g/mol. The number of hydrogen-bond donors (Lipinski definition) is 1. The lowest BCUT2D eigenvalue weighted by molar-refractivity contribution is -0.136. The van der Waals surface area contributed by atoms with Crippen LogP contribution in [-0.2, 0) is 34.4 Å². The lowest BCUT2D eigenvalue weighted by atomic mass is 9.88. The van der Waals surface area contributed by atoms with Gasteiger partial charge in [-0.3, -0.25) is 9.59 Å². The molecule has 3 aromatic rings. The number of fused-ring (bicyclic) bond motifs is 1. The number of carboxylic acids is 1. The zero-order valence-corrected chi connectivity index (χ0v) is 20.4. The Morgan fingerprint density at radius 2 is 1.78 bits per heavy atom. The molecule has 0 spiro atoms. The largest absolute Gasteiger partial charge is 0.493 e. The van der Waals surface area contributed by atoms with Gasteiger partial charge in [-0.15, -0.1) is 0 Å². The maximum atomic E-state index is 14.9. The maximum Gasteiger partial charge on any atom is 0.307 e. The molecule has 6 heteroatoms. The van der Waals surface area contributed by atoms with Crippen molar-refractivity contribution in [2.45, 2.75) is 51.0 Å². The SMILES string of the molecule is CCOc1cc(CC(=O)O)ccc1-c1ccc(F)c2c1CN(C(=O)CC1(c3ccccc3)CC1)CC2. The summed E-state index contributed by atoms with van der Waals surface area (Å²) in [6.45, 7) is 3.12. The topological polar surface area (TPSA) is 66.8 Å². The second kappa shape index (κ2) is 9.76. The van der Waals surface area contributed by atoms with Crippen LogP contribution in [0.1, 0.15) is 48.4 Å². The summed E-state index contributed by atoms with van der Waals surface area (Å²) >= 11 is 0. The summed E-state index contributed by atoms with van der Waals surface area (Å²) in [7, 11) is 0. The van der Waals surface area contributed by atoms with Crippen LogP contribution in [0.25, 0.3) is 11.1 Å². The zero-order valence-electron chi connectivity index (χ0n) is 20.4. The van der Waals surface area contributed by atoms with E-state index in [1.807, 2.05) is 36.1 Å². The lowest BCUT2D eigenvalue weighted by Gasteiger charge is -2.32. The number of carbonyl (C=O) groups is 2. The smallest absolute Gasteiger partial charge is 0.307 e. The molecule has 0 aromatic heterocycles. The van der Waals surface area contributed by atoms with Gasteiger partial charge in [0, 0.05) is 30.5 Å². The number of amides is 1. The summed E-state index contributed by atoms with van der Waals surface area (Å²) in [6, 6.07) is 18.8. The minimum atomic E-state index is -0.914.